The lowest BCUT2D eigenvalue weighted by Gasteiger charge is -2.22. The van der Waals surface area contributed by atoms with Crippen LogP contribution in [0.15, 0.2) is 20.1 Å². The summed E-state index contributed by atoms with van der Waals surface area (Å²) in [6.07, 6.45) is 2.78. The number of hydrogen-bond donors (Lipinski definition) is 1. The number of hydrogen-bond acceptors (Lipinski definition) is 4. The van der Waals surface area contributed by atoms with Gasteiger partial charge in [-0.25, -0.2) is 8.42 Å². The third-order valence-electron chi connectivity index (χ3n) is 2.47. The van der Waals surface area contributed by atoms with Crippen LogP contribution < -0.4 is 5.32 Å². The Morgan fingerprint density at radius 3 is 2.73 bits per heavy atom. The van der Waals surface area contributed by atoms with Crippen LogP contribution in [0.2, 0.25) is 0 Å². The third-order valence-corrected chi connectivity index (χ3v) is 6.68. The molecule has 0 aromatic carbocycles. The molecule has 15 heavy (non-hydrogen) atoms. The van der Waals surface area contributed by atoms with E-state index in [1.54, 1.807) is 12.1 Å². The highest BCUT2D eigenvalue weighted by Gasteiger charge is 2.29. The van der Waals surface area contributed by atoms with Crippen LogP contribution in [-0.4, -0.2) is 20.3 Å². The van der Waals surface area contributed by atoms with Gasteiger partial charge in [0.05, 0.1) is 3.79 Å². The van der Waals surface area contributed by atoms with Crippen molar-refractivity contribution in [2.24, 2.45) is 0 Å². The van der Waals surface area contributed by atoms with Crippen molar-refractivity contribution in [3.63, 3.8) is 0 Å². The maximum absolute atomic E-state index is 12.1. The fraction of sp³-hybridized carbons (Fsp3) is 0.556. The molecule has 0 saturated carbocycles. The molecule has 1 N–H and O–H groups in total. The molecule has 1 fully saturated rings. The highest BCUT2D eigenvalue weighted by atomic mass is 79.9. The van der Waals surface area contributed by atoms with E-state index in [4.69, 9.17) is 0 Å². The predicted molar refractivity (Wildman–Crippen MR) is 64.8 cm³/mol. The number of nitrogens with one attached hydrogen (secondary N) is 1. The van der Waals surface area contributed by atoms with Crippen LogP contribution in [-0.2, 0) is 9.84 Å². The second-order valence-corrected chi connectivity index (χ2v) is 8.36. The van der Waals surface area contributed by atoms with Crippen molar-refractivity contribution >= 4 is 37.1 Å². The summed E-state index contributed by atoms with van der Waals surface area (Å²) in [7, 11) is -3.16. The molecule has 0 aliphatic carbocycles. The molecule has 1 aromatic rings. The molecule has 1 atom stereocenters. The van der Waals surface area contributed by atoms with E-state index >= 15 is 0 Å². The SMILES string of the molecule is O=S(=O)(c1ccc(Br)s1)C1CCCCN1. The summed E-state index contributed by atoms with van der Waals surface area (Å²) in [4.78, 5) is 0. The first-order valence-corrected chi connectivity index (χ1v) is 7.99. The van der Waals surface area contributed by atoms with Gasteiger partial charge in [-0.15, -0.1) is 11.3 Å². The van der Waals surface area contributed by atoms with E-state index in [1.807, 2.05) is 0 Å². The fourth-order valence-electron chi connectivity index (χ4n) is 1.68. The van der Waals surface area contributed by atoms with Crippen LogP contribution in [0.3, 0.4) is 0 Å². The van der Waals surface area contributed by atoms with E-state index in [0.29, 0.717) is 4.21 Å². The Morgan fingerprint density at radius 1 is 1.40 bits per heavy atom. The Labute approximate surface area is 102 Å². The highest BCUT2D eigenvalue weighted by Crippen LogP contribution is 2.30. The molecule has 1 aliphatic rings. The minimum absolute atomic E-state index is 0.392. The Hall–Kier alpha value is 0.0900. The number of halogens is 1. The number of sulfone groups is 1. The molecule has 0 spiro atoms. The molecule has 2 heterocycles. The average Bonchev–Trinajstić information content (AvgIpc) is 2.67. The molecule has 1 saturated heterocycles. The average molecular weight is 310 g/mol. The first-order valence-electron chi connectivity index (χ1n) is 4.83. The largest absolute Gasteiger partial charge is 0.301 e. The van der Waals surface area contributed by atoms with Gasteiger partial charge < -0.3 is 5.32 Å². The molecule has 6 heteroatoms. The van der Waals surface area contributed by atoms with Crippen molar-refractivity contribution in [1.29, 1.82) is 0 Å². The Bertz CT molecular complexity index is 435. The molecule has 0 amide bonds. The smallest absolute Gasteiger partial charge is 0.203 e. The van der Waals surface area contributed by atoms with Crippen molar-refractivity contribution in [3.8, 4) is 0 Å². The zero-order chi connectivity index (χ0) is 10.9. The van der Waals surface area contributed by atoms with Gasteiger partial charge in [-0.3, -0.25) is 0 Å². The van der Waals surface area contributed by atoms with Gasteiger partial charge in [-0.2, -0.15) is 0 Å². The summed E-state index contributed by atoms with van der Waals surface area (Å²) in [5.74, 6) is 0. The fourth-order valence-corrected chi connectivity index (χ4v) is 5.55. The van der Waals surface area contributed by atoms with Gasteiger partial charge in [0, 0.05) is 0 Å². The van der Waals surface area contributed by atoms with Crippen LogP contribution >= 0.6 is 27.3 Å². The van der Waals surface area contributed by atoms with E-state index in [9.17, 15) is 8.42 Å². The molecular weight excluding hydrogens is 298 g/mol. The van der Waals surface area contributed by atoms with Crippen LogP contribution in [0.25, 0.3) is 0 Å². The van der Waals surface area contributed by atoms with Crippen LogP contribution in [0.5, 0.6) is 0 Å². The molecule has 1 aromatic heterocycles. The van der Waals surface area contributed by atoms with Crippen LogP contribution in [0.1, 0.15) is 19.3 Å². The van der Waals surface area contributed by atoms with Crippen LogP contribution in [0, 0.1) is 0 Å². The van der Waals surface area contributed by atoms with E-state index in [0.717, 1.165) is 29.6 Å². The summed E-state index contributed by atoms with van der Waals surface area (Å²) in [5, 5.41) is 2.68. The maximum Gasteiger partial charge on any atom is 0.203 e. The number of rotatable bonds is 2. The quantitative estimate of drug-likeness (QED) is 0.912. The van der Waals surface area contributed by atoms with Gasteiger partial charge in [-0.05, 0) is 53.9 Å². The molecule has 84 valence electrons. The normalized spacial score (nSPS) is 22.9. The molecule has 2 rings (SSSR count). The summed E-state index contributed by atoms with van der Waals surface area (Å²) in [5.41, 5.74) is 0. The topological polar surface area (TPSA) is 46.2 Å². The lowest BCUT2D eigenvalue weighted by Crippen LogP contribution is -2.40. The molecular formula is C9H12BrNO2S2. The Morgan fingerprint density at radius 2 is 2.20 bits per heavy atom. The van der Waals surface area contributed by atoms with Crippen molar-refractivity contribution in [2.75, 3.05) is 6.54 Å². The van der Waals surface area contributed by atoms with Gasteiger partial charge in [0.25, 0.3) is 0 Å². The lowest BCUT2D eigenvalue weighted by atomic mass is 10.2. The minimum Gasteiger partial charge on any atom is -0.301 e. The number of piperidine rings is 1. The van der Waals surface area contributed by atoms with Crippen molar-refractivity contribution < 1.29 is 8.42 Å². The summed E-state index contributed by atoms with van der Waals surface area (Å²) in [6.45, 7) is 0.802. The molecule has 3 nitrogen and oxygen atoms in total. The first kappa shape index (κ1) is 11.6. The zero-order valence-corrected chi connectivity index (χ0v) is 11.3. The van der Waals surface area contributed by atoms with E-state index < -0.39 is 15.2 Å². The second kappa shape index (κ2) is 4.53. The monoisotopic (exact) mass is 309 g/mol. The molecule has 1 unspecified atom stereocenters. The van der Waals surface area contributed by atoms with Gasteiger partial charge in [0.1, 0.15) is 9.58 Å². The standard InChI is InChI=1S/C9H12BrNO2S2/c10-7-4-5-9(14-7)15(12,13)8-3-1-2-6-11-8/h4-5,8,11H,1-3,6H2. The molecule has 0 radical (unpaired) electrons. The van der Waals surface area contributed by atoms with E-state index in [1.165, 1.54) is 11.3 Å². The minimum atomic E-state index is -3.16. The zero-order valence-electron chi connectivity index (χ0n) is 8.07. The predicted octanol–water partition coefficient (Wildman–Crippen LogP) is 2.38. The highest BCUT2D eigenvalue weighted by molar-refractivity contribution is 9.11. The van der Waals surface area contributed by atoms with E-state index in [2.05, 4.69) is 21.2 Å². The molecule has 0 bridgehead atoms. The van der Waals surface area contributed by atoms with Gasteiger partial charge in [0.2, 0.25) is 9.84 Å². The van der Waals surface area contributed by atoms with Crippen LogP contribution in [0.4, 0.5) is 0 Å². The first-order chi connectivity index (χ1) is 7.10. The number of thiophene rings is 1. The summed E-state index contributed by atoms with van der Waals surface area (Å²) >= 11 is 4.56. The van der Waals surface area contributed by atoms with Crippen molar-refractivity contribution in [1.82, 2.24) is 5.32 Å². The maximum atomic E-state index is 12.1. The van der Waals surface area contributed by atoms with Crippen molar-refractivity contribution in [3.05, 3.63) is 15.9 Å². The second-order valence-electron chi connectivity index (χ2n) is 3.54. The van der Waals surface area contributed by atoms with E-state index in [-0.39, 0.29) is 0 Å². The van der Waals surface area contributed by atoms with Gasteiger partial charge >= 0.3 is 0 Å². The van der Waals surface area contributed by atoms with Crippen molar-refractivity contribution in [2.45, 2.75) is 28.8 Å². The van der Waals surface area contributed by atoms with Gasteiger partial charge in [0.15, 0.2) is 0 Å². The lowest BCUT2D eigenvalue weighted by molar-refractivity contribution is 0.462. The Kier molecular flexibility index (Phi) is 3.49. The Balaban J connectivity index is 2.26. The summed E-state index contributed by atoms with van der Waals surface area (Å²) < 4.78 is 25.6. The van der Waals surface area contributed by atoms with Gasteiger partial charge in [-0.1, -0.05) is 0 Å². The third kappa shape index (κ3) is 2.43. The summed E-state index contributed by atoms with van der Waals surface area (Å²) in [6, 6.07) is 3.45. The molecule has 1 aliphatic heterocycles.